The Morgan fingerprint density at radius 3 is 2.71 bits per heavy atom. The molecule has 3 nitrogen and oxygen atoms in total. The average Bonchev–Trinajstić information content (AvgIpc) is 2.54. The molecule has 2 aliphatic rings. The van der Waals surface area contributed by atoms with Crippen LogP contribution in [-0.2, 0) is 0 Å². The van der Waals surface area contributed by atoms with E-state index in [2.05, 4.69) is 36.6 Å². The van der Waals surface area contributed by atoms with E-state index in [1.165, 1.54) is 31.2 Å². The van der Waals surface area contributed by atoms with E-state index >= 15 is 0 Å². The second-order valence-corrected chi connectivity index (χ2v) is 6.90. The van der Waals surface area contributed by atoms with Crippen molar-refractivity contribution in [3.63, 3.8) is 0 Å². The van der Waals surface area contributed by atoms with Gasteiger partial charge in [0, 0.05) is 6.04 Å². The summed E-state index contributed by atoms with van der Waals surface area (Å²) in [6.45, 7) is 3.20. The van der Waals surface area contributed by atoms with E-state index in [0.29, 0.717) is 12.0 Å². The first-order chi connectivity index (χ1) is 10.3. The van der Waals surface area contributed by atoms with Crippen molar-refractivity contribution in [2.45, 2.75) is 57.4 Å². The van der Waals surface area contributed by atoms with Gasteiger partial charge in [0.15, 0.2) is 0 Å². The SMILES string of the molecule is CC1CCC(C(CC2CCOc3ccccc32)NN)CC1. The van der Waals surface area contributed by atoms with Gasteiger partial charge >= 0.3 is 0 Å². The Bertz CT molecular complexity index is 454. The zero-order valence-corrected chi connectivity index (χ0v) is 13.1. The maximum Gasteiger partial charge on any atom is 0.122 e. The summed E-state index contributed by atoms with van der Waals surface area (Å²) in [5, 5.41) is 0. The summed E-state index contributed by atoms with van der Waals surface area (Å²) in [6.07, 6.45) is 7.59. The highest BCUT2D eigenvalue weighted by molar-refractivity contribution is 5.37. The lowest BCUT2D eigenvalue weighted by Crippen LogP contribution is -2.43. The molecule has 0 amide bonds. The number of nitrogens with one attached hydrogen (secondary N) is 1. The lowest BCUT2D eigenvalue weighted by atomic mass is 9.75. The third-order valence-corrected chi connectivity index (χ3v) is 5.46. The summed E-state index contributed by atoms with van der Waals surface area (Å²) in [4.78, 5) is 0. The first kappa shape index (κ1) is 14.9. The first-order valence-electron chi connectivity index (χ1n) is 8.45. The molecule has 2 atom stereocenters. The van der Waals surface area contributed by atoms with Crippen LogP contribution in [0.2, 0.25) is 0 Å². The maximum atomic E-state index is 5.89. The van der Waals surface area contributed by atoms with Gasteiger partial charge in [-0.15, -0.1) is 0 Å². The summed E-state index contributed by atoms with van der Waals surface area (Å²) in [5.74, 6) is 9.17. The van der Waals surface area contributed by atoms with Crippen molar-refractivity contribution < 1.29 is 4.74 Å². The minimum atomic E-state index is 0.439. The summed E-state index contributed by atoms with van der Waals surface area (Å²) in [5.41, 5.74) is 4.49. The molecule has 1 saturated carbocycles. The molecule has 3 heteroatoms. The lowest BCUT2D eigenvalue weighted by Gasteiger charge is -2.35. The van der Waals surface area contributed by atoms with Gasteiger partial charge in [-0.1, -0.05) is 38.0 Å². The second-order valence-electron chi connectivity index (χ2n) is 6.90. The van der Waals surface area contributed by atoms with Gasteiger partial charge in [-0.05, 0) is 55.1 Å². The number of hydrazine groups is 1. The summed E-state index contributed by atoms with van der Waals surface area (Å²) < 4.78 is 5.78. The monoisotopic (exact) mass is 288 g/mol. The van der Waals surface area contributed by atoms with Crippen molar-refractivity contribution >= 4 is 0 Å². The molecule has 1 fully saturated rings. The molecule has 21 heavy (non-hydrogen) atoms. The number of hydrogen-bond donors (Lipinski definition) is 2. The van der Waals surface area contributed by atoms with Crippen LogP contribution in [0.15, 0.2) is 24.3 Å². The van der Waals surface area contributed by atoms with Gasteiger partial charge in [0.25, 0.3) is 0 Å². The number of ether oxygens (including phenoxy) is 1. The van der Waals surface area contributed by atoms with Gasteiger partial charge < -0.3 is 4.74 Å². The van der Waals surface area contributed by atoms with Crippen LogP contribution in [0.5, 0.6) is 5.75 Å². The van der Waals surface area contributed by atoms with Crippen molar-refractivity contribution in [1.82, 2.24) is 5.43 Å². The van der Waals surface area contributed by atoms with Gasteiger partial charge in [0.2, 0.25) is 0 Å². The highest BCUT2D eigenvalue weighted by Gasteiger charge is 2.30. The molecular weight excluding hydrogens is 260 g/mol. The molecule has 0 saturated heterocycles. The third-order valence-electron chi connectivity index (χ3n) is 5.46. The Labute approximate surface area is 128 Å². The maximum absolute atomic E-state index is 5.89. The van der Waals surface area contributed by atoms with E-state index < -0.39 is 0 Å². The molecule has 0 radical (unpaired) electrons. The molecular formula is C18H28N2O. The van der Waals surface area contributed by atoms with Crippen LogP contribution >= 0.6 is 0 Å². The van der Waals surface area contributed by atoms with Gasteiger partial charge in [0.05, 0.1) is 6.61 Å². The molecule has 1 aliphatic carbocycles. The van der Waals surface area contributed by atoms with Crippen LogP contribution in [0.25, 0.3) is 0 Å². The Hall–Kier alpha value is -1.06. The van der Waals surface area contributed by atoms with Crippen LogP contribution in [0.1, 0.15) is 56.9 Å². The van der Waals surface area contributed by atoms with Crippen molar-refractivity contribution in [2.75, 3.05) is 6.61 Å². The van der Waals surface area contributed by atoms with Crippen molar-refractivity contribution in [3.05, 3.63) is 29.8 Å². The first-order valence-corrected chi connectivity index (χ1v) is 8.45. The number of para-hydroxylation sites is 1. The van der Waals surface area contributed by atoms with Gasteiger partial charge in [0.1, 0.15) is 5.75 Å². The number of nitrogens with two attached hydrogens (primary N) is 1. The minimum Gasteiger partial charge on any atom is -0.493 e. The molecule has 0 spiro atoms. The third kappa shape index (κ3) is 3.41. The van der Waals surface area contributed by atoms with Crippen molar-refractivity contribution in [2.24, 2.45) is 17.7 Å². The highest BCUT2D eigenvalue weighted by atomic mass is 16.5. The van der Waals surface area contributed by atoms with Crippen LogP contribution in [0.3, 0.4) is 0 Å². The van der Waals surface area contributed by atoms with Crippen LogP contribution in [0.4, 0.5) is 0 Å². The van der Waals surface area contributed by atoms with E-state index in [1.807, 2.05) is 0 Å². The summed E-state index contributed by atoms with van der Waals surface area (Å²) in [6, 6.07) is 8.93. The number of rotatable bonds is 4. The predicted octanol–water partition coefficient (Wildman–Crippen LogP) is 3.60. The second kappa shape index (κ2) is 6.80. The fraction of sp³-hybridized carbons (Fsp3) is 0.667. The molecule has 1 heterocycles. The highest BCUT2D eigenvalue weighted by Crippen LogP contribution is 2.39. The fourth-order valence-corrected chi connectivity index (χ4v) is 4.05. The zero-order chi connectivity index (χ0) is 14.7. The van der Waals surface area contributed by atoms with Crippen LogP contribution < -0.4 is 16.0 Å². The van der Waals surface area contributed by atoms with Gasteiger partial charge in [-0.3, -0.25) is 11.3 Å². The Balaban J connectivity index is 1.67. The van der Waals surface area contributed by atoms with Crippen LogP contribution in [0, 0.1) is 11.8 Å². The standard InChI is InChI=1S/C18H28N2O/c1-13-6-8-14(9-7-13)17(20-19)12-15-10-11-21-18-5-3-2-4-16(15)18/h2-5,13-15,17,20H,6-12,19H2,1H3. The molecule has 116 valence electrons. The quantitative estimate of drug-likeness (QED) is 0.657. The summed E-state index contributed by atoms with van der Waals surface area (Å²) in [7, 11) is 0. The van der Waals surface area contributed by atoms with Gasteiger partial charge in [-0.25, -0.2) is 0 Å². The Kier molecular flexibility index (Phi) is 4.81. The molecule has 1 aliphatic heterocycles. The smallest absolute Gasteiger partial charge is 0.122 e. The topological polar surface area (TPSA) is 47.3 Å². The zero-order valence-electron chi connectivity index (χ0n) is 13.1. The number of benzene rings is 1. The number of fused-ring (bicyclic) bond motifs is 1. The van der Waals surface area contributed by atoms with E-state index in [4.69, 9.17) is 10.6 Å². The minimum absolute atomic E-state index is 0.439. The van der Waals surface area contributed by atoms with Gasteiger partial charge in [-0.2, -0.15) is 0 Å². The molecule has 0 aromatic heterocycles. The predicted molar refractivity (Wildman–Crippen MR) is 86.1 cm³/mol. The summed E-state index contributed by atoms with van der Waals surface area (Å²) >= 11 is 0. The average molecular weight is 288 g/mol. The molecule has 3 rings (SSSR count). The fourth-order valence-electron chi connectivity index (χ4n) is 4.05. The Morgan fingerprint density at radius 1 is 1.19 bits per heavy atom. The Morgan fingerprint density at radius 2 is 1.95 bits per heavy atom. The molecule has 2 unspecified atom stereocenters. The largest absolute Gasteiger partial charge is 0.493 e. The van der Waals surface area contributed by atoms with Crippen molar-refractivity contribution in [1.29, 1.82) is 0 Å². The molecule has 3 N–H and O–H groups in total. The molecule has 1 aromatic rings. The van der Waals surface area contributed by atoms with E-state index in [1.54, 1.807) is 0 Å². The van der Waals surface area contributed by atoms with E-state index in [0.717, 1.165) is 37.0 Å². The van der Waals surface area contributed by atoms with E-state index in [9.17, 15) is 0 Å². The van der Waals surface area contributed by atoms with Crippen molar-refractivity contribution in [3.8, 4) is 5.75 Å². The molecule has 1 aromatic carbocycles. The van der Waals surface area contributed by atoms with E-state index in [-0.39, 0.29) is 0 Å². The number of hydrogen-bond acceptors (Lipinski definition) is 3. The van der Waals surface area contributed by atoms with Crippen LogP contribution in [-0.4, -0.2) is 12.6 Å². The lowest BCUT2D eigenvalue weighted by molar-refractivity contribution is 0.199. The molecule has 0 bridgehead atoms. The normalized spacial score (nSPS) is 30.3.